The molecule has 0 bridgehead atoms. The van der Waals surface area contributed by atoms with Gasteiger partial charge in [0.15, 0.2) is 11.2 Å². The van der Waals surface area contributed by atoms with Crippen molar-refractivity contribution in [3.8, 4) is 22.5 Å². The van der Waals surface area contributed by atoms with Crippen LogP contribution in [0.25, 0.3) is 43.8 Å². The molecular weight excluding hydrogens is 520 g/mol. The van der Waals surface area contributed by atoms with E-state index in [1.54, 1.807) is 18.2 Å². The van der Waals surface area contributed by atoms with E-state index in [9.17, 15) is 9.59 Å². The Balaban J connectivity index is 1.25. The molecule has 0 fully saturated rings. The van der Waals surface area contributed by atoms with Gasteiger partial charge in [-0.2, -0.15) is 0 Å². The van der Waals surface area contributed by atoms with E-state index in [0.717, 1.165) is 32.6 Å². The van der Waals surface area contributed by atoms with Crippen LogP contribution in [0, 0.1) is 6.92 Å². The van der Waals surface area contributed by atoms with E-state index in [1.165, 1.54) is 18.3 Å². The van der Waals surface area contributed by atoms with Gasteiger partial charge >= 0.3 is 5.97 Å². The Morgan fingerprint density at radius 2 is 1.38 bits per heavy atom. The molecule has 0 saturated carbocycles. The average Bonchev–Trinajstić information content (AvgIpc) is 3.38. The molecule has 0 radical (unpaired) electrons. The van der Waals surface area contributed by atoms with Crippen LogP contribution in [0.4, 0.5) is 5.13 Å². The SMILES string of the molecule is Cc1ccc2nc(NC(=O)C(C)OC(=O)c3ccc4nc(-c5ccccc5)c(-c5ccccc5)nc4c3)sc2c1. The van der Waals surface area contributed by atoms with Crippen LogP contribution >= 0.6 is 11.3 Å². The number of aryl methyl sites for hydroxylation is 1. The monoisotopic (exact) mass is 544 g/mol. The minimum atomic E-state index is -1.02. The maximum atomic E-state index is 13.0. The molecule has 4 aromatic carbocycles. The Morgan fingerprint density at radius 3 is 2.05 bits per heavy atom. The van der Waals surface area contributed by atoms with E-state index in [2.05, 4.69) is 10.3 Å². The molecule has 1 unspecified atom stereocenters. The summed E-state index contributed by atoms with van der Waals surface area (Å²) < 4.78 is 6.47. The fraction of sp³-hybridized carbons (Fsp3) is 0.0938. The number of hydrogen-bond acceptors (Lipinski definition) is 7. The lowest BCUT2D eigenvalue weighted by atomic mass is 10.0. The fourth-order valence-corrected chi connectivity index (χ4v) is 5.32. The summed E-state index contributed by atoms with van der Waals surface area (Å²) in [6.07, 6.45) is -1.02. The number of rotatable bonds is 6. The molecule has 7 nitrogen and oxygen atoms in total. The summed E-state index contributed by atoms with van der Waals surface area (Å²) in [5.41, 5.74) is 6.72. The number of fused-ring (bicyclic) bond motifs is 2. The Labute approximate surface area is 234 Å². The molecule has 1 N–H and O–H groups in total. The number of amides is 1. The normalized spacial score (nSPS) is 11.8. The predicted octanol–water partition coefficient (Wildman–Crippen LogP) is 7.07. The van der Waals surface area contributed by atoms with E-state index in [-0.39, 0.29) is 5.56 Å². The van der Waals surface area contributed by atoms with Crippen molar-refractivity contribution in [1.82, 2.24) is 15.0 Å². The number of ether oxygens (including phenoxy) is 1. The van der Waals surface area contributed by atoms with Crippen LogP contribution in [0.5, 0.6) is 0 Å². The average molecular weight is 545 g/mol. The predicted molar refractivity (Wildman–Crippen MR) is 158 cm³/mol. The quantitative estimate of drug-likeness (QED) is 0.226. The first-order chi connectivity index (χ1) is 19.4. The maximum absolute atomic E-state index is 13.0. The molecule has 2 heterocycles. The zero-order valence-electron chi connectivity index (χ0n) is 21.8. The van der Waals surface area contributed by atoms with Crippen molar-refractivity contribution < 1.29 is 14.3 Å². The van der Waals surface area contributed by atoms with Crippen molar-refractivity contribution in [3.05, 3.63) is 108 Å². The highest BCUT2D eigenvalue weighted by atomic mass is 32.1. The van der Waals surface area contributed by atoms with E-state index < -0.39 is 18.0 Å². The van der Waals surface area contributed by atoms with Crippen molar-refractivity contribution >= 4 is 49.6 Å². The lowest BCUT2D eigenvalue weighted by Crippen LogP contribution is -2.29. The van der Waals surface area contributed by atoms with Crippen LogP contribution in [0.15, 0.2) is 97.1 Å². The Hall–Kier alpha value is -4.95. The highest BCUT2D eigenvalue weighted by Gasteiger charge is 2.21. The number of nitrogens with zero attached hydrogens (tertiary/aromatic N) is 3. The first-order valence-electron chi connectivity index (χ1n) is 12.8. The van der Waals surface area contributed by atoms with E-state index in [1.807, 2.05) is 85.8 Å². The lowest BCUT2D eigenvalue weighted by Gasteiger charge is -2.13. The van der Waals surface area contributed by atoms with Crippen LogP contribution in [0.2, 0.25) is 0 Å². The zero-order valence-corrected chi connectivity index (χ0v) is 22.6. The molecular formula is C32H24N4O3S. The summed E-state index contributed by atoms with van der Waals surface area (Å²) in [6, 6.07) is 30.6. The topological polar surface area (TPSA) is 94.1 Å². The molecule has 6 aromatic rings. The first kappa shape index (κ1) is 25.3. The Bertz CT molecular complexity index is 1870. The summed E-state index contributed by atoms with van der Waals surface area (Å²) in [6.45, 7) is 3.53. The molecule has 0 aliphatic carbocycles. The molecule has 0 saturated heterocycles. The molecule has 40 heavy (non-hydrogen) atoms. The molecule has 2 aromatic heterocycles. The third-order valence-electron chi connectivity index (χ3n) is 6.42. The molecule has 196 valence electrons. The summed E-state index contributed by atoms with van der Waals surface area (Å²) in [7, 11) is 0. The van der Waals surface area contributed by atoms with Gasteiger partial charge in [-0.05, 0) is 49.7 Å². The van der Waals surface area contributed by atoms with Gasteiger partial charge in [0, 0.05) is 11.1 Å². The van der Waals surface area contributed by atoms with Gasteiger partial charge in [-0.15, -0.1) is 0 Å². The van der Waals surface area contributed by atoms with Crippen LogP contribution in [0.3, 0.4) is 0 Å². The van der Waals surface area contributed by atoms with Gasteiger partial charge < -0.3 is 4.74 Å². The Morgan fingerprint density at radius 1 is 0.750 bits per heavy atom. The number of thiazole rings is 1. The molecule has 1 atom stereocenters. The van der Waals surface area contributed by atoms with Gasteiger partial charge in [-0.1, -0.05) is 78.1 Å². The standard InChI is InChI=1S/C32H24N4O3S/c1-19-13-15-25-27(17-19)40-32(35-25)36-30(37)20(2)39-31(38)23-14-16-24-26(18-23)34-29(22-11-7-4-8-12-22)28(33-24)21-9-5-3-6-10-21/h3-18,20H,1-2H3,(H,35,36,37). The summed E-state index contributed by atoms with van der Waals surface area (Å²) in [5, 5.41) is 3.21. The van der Waals surface area contributed by atoms with Crippen molar-refractivity contribution in [2.24, 2.45) is 0 Å². The minimum absolute atomic E-state index is 0.281. The van der Waals surface area contributed by atoms with Crippen LogP contribution < -0.4 is 5.32 Å². The molecule has 8 heteroatoms. The highest BCUT2D eigenvalue weighted by molar-refractivity contribution is 7.22. The van der Waals surface area contributed by atoms with Gasteiger partial charge in [0.05, 0.1) is 38.2 Å². The van der Waals surface area contributed by atoms with Crippen molar-refractivity contribution in [3.63, 3.8) is 0 Å². The summed E-state index contributed by atoms with van der Waals surface area (Å²) >= 11 is 1.37. The van der Waals surface area contributed by atoms with E-state index in [4.69, 9.17) is 14.7 Å². The summed E-state index contributed by atoms with van der Waals surface area (Å²) in [4.78, 5) is 40.0. The fourth-order valence-electron chi connectivity index (χ4n) is 4.35. The second-order valence-corrected chi connectivity index (χ2v) is 10.4. The third kappa shape index (κ3) is 5.17. The van der Waals surface area contributed by atoms with Gasteiger partial charge in [-0.25, -0.2) is 19.7 Å². The molecule has 0 spiro atoms. The zero-order chi connectivity index (χ0) is 27.6. The van der Waals surface area contributed by atoms with Gasteiger partial charge in [-0.3, -0.25) is 10.1 Å². The smallest absolute Gasteiger partial charge is 0.338 e. The largest absolute Gasteiger partial charge is 0.449 e. The Kier molecular flexibility index (Phi) is 6.76. The van der Waals surface area contributed by atoms with Gasteiger partial charge in [0.1, 0.15) is 0 Å². The van der Waals surface area contributed by atoms with Gasteiger partial charge in [0.2, 0.25) is 0 Å². The molecule has 0 aliphatic rings. The third-order valence-corrected chi connectivity index (χ3v) is 7.36. The lowest BCUT2D eigenvalue weighted by molar-refractivity contribution is -0.123. The molecule has 1 amide bonds. The van der Waals surface area contributed by atoms with E-state index >= 15 is 0 Å². The number of carbonyl (C=O) groups is 2. The number of esters is 1. The van der Waals surface area contributed by atoms with Gasteiger partial charge in [0.25, 0.3) is 5.91 Å². The van der Waals surface area contributed by atoms with E-state index in [0.29, 0.717) is 21.9 Å². The summed E-state index contributed by atoms with van der Waals surface area (Å²) in [5.74, 6) is -1.08. The van der Waals surface area contributed by atoms with Crippen LogP contribution in [-0.4, -0.2) is 32.9 Å². The second kappa shape index (κ2) is 10.7. The maximum Gasteiger partial charge on any atom is 0.338 e. The number of nitrogens with one attached hydrogen (secondary N) is 1. The number of benzene rings is 4. The number of carbonyl (C=O) groups excluding carboxylic acids is 2. The number of aromatic nitrogens is 3. The minimum Gasteiger partial charge on any atom is -0.449 e. The van der Waals surface area contributed by atoms with Crippen molar-refractivity contribution in [2.45, 2.75) is 20.0 Å². The van der Waals surface area contributed by atoms with Crippen molar-refractivity contribution in [1.29, 1.82) is 0 Å². The van der Waals surface area contributed by atoms with Crippen molar-refractivity contribution in [2.75, 3.05) is 5.32 Å². The number of hydrogen-bond donors (Lipinski definition) is 1. The number of anilines is 1. The molecule has 6 rings (SSSR count). The first-order valence-corrected chi connectivity index (χ1v) is 13.6. The van der Waals surface area contributed by atoms with Crippen LogP contribution in [-0.2, 0) is 9.53 Å². The highest BCUT2D eigenvalue weighted by Crippen LogP contribution is 2.31. The molecule has 0 aliphatic heterocycles. The second-order valence-electron chi connectivity index (χ2n) is 9.38. The van der Waals surface area contributed by atoms with Crippen LogP contribution in [0.1, 0.15) is 22.8 Å².